The van der Waals surface area contributed by atoms with E-state index in [-0.39, 0.29) is 10.8 Å². The highest BCUT2D eigenvalue weighted by Crippen LogP contribution is 2.29. The monoisotopic (exact) mass is 296 g/mol. The number of rotatable bonds is 3. The number of sulfone groups is 1. The van der Waals surface area contributed by atoms with Crippen molar-refractivity contribution in [1.82, 2.24) is 4.98 Å². The molecule has 100 valence electrons. The van der Waals surface area contributed by atoms with Gasteiger partial charge in [-0.15, -0.1) is 0 Å². The summed E-state index contributed by atoms with van der Waals surface area (Å²) in [4.78, 5) is 16.1. The summed E-state index contributed by atoms with van der Waals surface area (Å²) in [6, 6.07) is 6.56. The molecular formula is C12H12N2O3S2. The summed E-state index contributed by atoms with van der Waals surface area (Å²) in [5.74, 6) is -0.173. The second-order valence-corrected chi connectivity index (χ2v) is 7.05. The van der Waals surface area contributed by atoms with E-state index in [4.69, 9.17) is 0 Å². The summed E-state index contributed by atoms with van der Waals surface area (Å²) in [5, 5.41) is 3.13. The van der Waals surface area contributed by atoms with Crippen LogP contribution in [-0.4, -0.2) is 25.6 Å². The fourth-order valence-corrected chi connectivity index (χ4v) is 2.98. The fraction of sp³-hybridized carbons (Fsp3) is 0.167. The van der Waals surface area contributed by atoms with Gasteiger partial charge in [-0.05, 0) is 17.7 Å². The van der Waals surface area contributed by atoms with Crippen LogP contribution < -0.4 is 5.32 Å². The zero-order valence-corrected chi connectivity index (χ0v) is 12.0. The van der Waals surface area contributed by atoms with Gasteiger partial charge >= 0.3 is 0 Å². The maximum Gasteiger partial charge on any atom is 0.223 e. The molecule has 7 heteroatoms. The van der Waals surface area contributed by atoms with E-state index in [1.807, 2.05) is 0 Å². The molecule has 5 nitrogen and oxygen atoms in total. The Bertz CT molecular complexity index is 703. The first-order valence-corrected chi connectivity index (χ1v) is 8.11. The molecule has 0 unspecified atom stereocenters. The molecule has 0 atom stereocenters. The average Bonchev–Trinajstić information content (AvgIpc) is 2.75. The predicted octanol–water partition coefficient (Wildman–Crippen LogP) is 2.17. The molecule has 0 aliphatic heterocycles. The number of nitrogens with zero attached hydrogens (tertiary/aromatic N) is 1. The Labute approximate surface area is 115 Å². The number of benzene rings is 1. The Hall–Kier alpha value is -1.73. The molecule has 0 bridgehead atoms. The van der Waals surface area contributed by atoms with E-state index in [1.165, 1.54) is 24.5 Å². The van der Waals surface area contributed by atoms with Crippen LogP contribution in [-0.2, 0) is 14.6 Å². The van der Waals surface area contributed by atoms with Crippen LogP contribution in [0.4, 0.5) is 5.13 Å². The number of hydrogen-bond acceptors (Lipinski definition) is 5. The van der Waals surface area contributed by atoms with Crippen molar-refractivity contribution >= 4 is 32.2 Å². The van der Waals surface area contributed by atoms with Gasteiger partial charge in [0.2, 0.25) is 5.91 Å². The SMILES string of the molecule is CC(=O)Nc1ncc(-c2ccc(S(C)(=O)=O)cc2)s1. The molecule has 2 aromatic rings. The number of hydrogen-bond donors (Lipinski definition) is 1. The van der Waals surface area contributed by atoms with Gasteiger partial charge in [0.1, 0.15) is 0 Å². The first-order chi connectivity index (χ1) is 8.86. The van der Waals surface area contributed by atoms with Gasteiger partial charge in [-0.25, -0.2) is 13.4 Å². The summed E-state index contributed by atoms with van der Waals surface area (Å²) in [6.07, 6.45) is 2.81. The summed E-state index contributed by atoms with van der Waals surface area (Å²) in [6.45, 7) is 1.42. The summed E-state index contributed by atoms with van der Waals surface area (Å²) < 4.78 is 22.7. The van der Waals surface area contributed by atoms with Crippen LogP contribution in [0.5, 0.6) is 0 Å². The van der Waals surface area contributed by atoms with Crippen molar-refractivity contribution in [1.29, 1.82) is 0 Å². The highest BCUT2D eigenvalue weighted by Gasteiger charge is 2.09. The lowest BCUT2D eigenvalue weighted by Crippen LogP contribution is -2.04. The molecule has 0 spiro atoms. The van der Waals surface area contributed by atoms with E-state index in [2.05, 4.69) is 10.3 Å². The van der Waals surface area contributed by atoms with Crippen molar-refractivity contribution in [3.63, 3.8) is 0 Å². The molecule has 0 saturated heterocycles. The second-order valence-electron chi connectivity index (χ2n) is 4.01. The van der Waals surface area contributed by atoms with Gasteiger partial charge in [0.05, 0.1) is 9.77 Å². The first kappa shape index (κ1) is 13.7. The largest absolute Gasteiger partial charge is 0.302 e. The van der Waals surface area contributed by atoms with Crippen LogP contribution in [0.15, 0.2) is 35.4 Å². The number of nitrogens with one attached hydrogen (secondary N) is 1. The topological polar surface area (TPSA) is 76.1 Å². The summed E-state index contributed by atoms with van der Waals surface area (Å²) in [5.41, 5.74) is 0.863. The van der Waals surface area contributed by atoms with Crippen molar-refractivity contribution in [2.45, 2.75) is 11.8 Å². The minimum atomic E-state index is -3.18. The number of thiazole rings is 1. The second kappa shape index (κ2) is 5.10. The lowest BCUT2D eigenvalue weighted by atomic mass is 10.2. The number of carbonyl (C=O) groups is 1. The van der Waals surface area contributed by atoms with Crippen LogP contribution in [0.1, 0.15) is 6.92 Å². The molecule has 0 radical (unpaired) electrons. The lowest BCUT2D eigenvalue weighted by molar-refractivity contribution is -0.114. The van der Waals surface area contributed by atoms with Crippen LogP contribution in [0.25, 0.3) is 10.4 Å². The van der Waals surface area contributed by atoms with Crippen LogP contribution in [0, 0.1) is 0 Å². The molecule has 1 aromatic heterocycles. The number of aromatic nitrogens is 1. The van der Waals surface area contributed by atoms with E-state index in [0.717, 1.165) is 10.4 Å². The van der Waals surface area contributed by atoms with Crippen molar-refractivity contribution < 1.29 is 13.2 Å². The first-order valence-electron chi connectivity index (χ1n) is 5.40. The molecule has 0 aliphatic rings. The Balaban J connectivity index is 2.27. The zero-order chi connectivity index (χ0) is 14.0. The van der Waals surface area contributed by atoms with Gasteiger partial charge in [0, 0.05) is 19.4 Å². The van der Waals surface area contributed by atoms with Gasteiger partial charge in [-0.1, -0.05) is 23.5 Å². The number of carbonyl (C=O) groups excluding carboxylic acids is 1. The van der Waals surface area contributed by atoms with Crippen LogP contribution >= 0.6 is 11.3 Å². The van der Waals surface area contributed by atoms with E-state index < -0.39 is 9.84 Å². The van der Waals surface area contributed by atoms with Gasteiger partial charge in [-0.2, -0.15) is 0 Å². The lowest BCUT2D eigenvalue weighted by Gasteiger charge is -2.00. The fourth-order valence-electron chi connectivity index (χ4n) is 1.48. The normalized spacial score (nSPS) is 11.3. The predicted molar refractivity (Wildman–Crippen MR) is 75.0 cm³/mol. The molecular weight excluding hydrogens is 284 g/mol. The minimum absolute atomic E-state index is 0.173. The highest BCUT2D eigenvalue weighted by molar-refractivity contribution is 7.90. The van der Waals surface area contributed by atoms with Crippen molar-refractivity contribution in [3.8, 4) is 10.4 Å². The molecule has 1 heterocycles. The highest BCUT2D eigenvalue weighted by atomic mass is 32.2. The maximum absolute atomic E-state index is 11.3. The Kier molecular flexibility index (Phi) is 3.68. The van der Waals surface area contributed by atoms with Gasteiger partial charge in [0.25, 0.3) is 0 Å². The third-order valence-electron chi connectivity index (χ3n) is 2.36. The maximum atomic E-state index is 11.3. The molecule has 2 rings (SSSR count). The van der Waals surface area contributed by atoms with E-state index in [0.29, 0.717) is 5.13 Å². The van der Waals surface area contributed by atoms with E-state index in [9.17, 15) is 13.2 Å². The average molecular weight is 296 g/mol. The van der Waals surface area contributed by atoms with Crippen LogP contribution in [0.3, 0.4) is 0 Å². The molecule has 0 saturated carbocycles. The van der Waals surface area contributed by atoms with E-state index in [1.54, 1.807) is 30.5 Å². The third-order valence-corrected chi connectivity index (χ3v) is 4.45. The molecule has 1 amide bonds. The van der Waals surface area contributed by atoms with Crippen molar-refractivity contribution in [2.75, 3.05) is 11.6 Å². The zero-order valence-electron chi connectivity index (χ0n) is 10.4. The van der Waals surface area contributed by atoms with Crippen molar-refractivity contribution in [2.24, 2.45) is 0 Å². The minimum Gasteiger partial charge on any atom is -0.302 e. The van der Waals surface area contributed by atoms with E-state index >= 15 is 0 Å². The number of amides is 1. The Morgan fingerprint density at radius 3 is 2.42 bits per heavy atom. The standard InChI is InChI=1S/C12H12N2O3S2/c1-8(15)14-12-13-7-11(18-12)9-3-5-10(6-4-9)19(2,16)17/h3-7H,1-2H3,(H,13,14,15). The molecule has 1 N–H and O–H groups in total. The third kappa shape index (κ3) is 3.39. The smallest absolute Gasteiger partial charge is 0.223 e. The molecule has 19 heavy (non-hydrogen) atoms. The molecule has 1 aromatic carbocycles. The van der Waals surface area contributed by atoms with Gasteiger partial charge in [-0.3, -0.25) is 4.79 Å². The Morgan fingerprint density at radius 1 is 1.26 bits per heavy atom. The van der Waals surface area contributed by atoms with Gasteiger partial charge < -0.3 is 5.32 Å². The number of anilines is 1. The Morgan fingerprint density at radius 2 is 1.89 bits per heavy atom. The summed E-state index contributed by atoms with van der Waals surface area (Å²) >= 11 is 1.34. The summed E-state index contributed by atoms with van der Waals surface area (Å²) in [7, 11) is -3.18. The molecule has 0 aliphatic carbocycles. The quantitative estimate of drug-likeness (QED) is 0.941. The van der Waals surface area contributed by atoms with Crippen LogP contribution in [0.2, 0.25) is 0 Å². The van der Waals surface area contributed by atoms with Gasteiger partial charge in [0.15, 0.2) is 15.0 Å². The van der Waals surface area contributed by atoms with Crippen molar-refractivity contribution in [3.05, 3.63) is 30.5 Å². The molecule has 0 fully saturated rings.